The summed E-state index contributed by atoms with van der Waals surface area (Å²) < 4.78 is 7.64. The fraction of sp³-hybridized carbons (Fsp3) is 0.231. The van der Waals surface area contributed by atoms with Crippen molar-refractivity contribution in [2.24, 2.45) is 0 Å². The third-order valence-electron chi connectivity index (χ3n) is 3.43. The van der Waals surface area contributed by atoms with Gasteiger partial charge in [0.1, 0.15) is 12.3 Å². The van der Waals surface area contributed by atoms with Gasteiger partial charge in [-0.25, -0.2) is 0 Å². The molecule has 0 spiro atoms. The number of ether oxygens (including phenoxy) is 1. The van der Waals surface area contributed by atoms with Gasteiger partial charge in [0.2, 0.25) is 6.41 Å². The molecule has 1 aromatic carbocycles. The van der Waals surface area contributed by atoms with Crippen molar-refractivity contribution in [3.05, 3.63) is 25.9 Å². The Morgan fingerprint density at radius 1 is 1.62 bits per heavy atom. The Bertz CT molecular complexity index is 834. The number of nitrogens with one attached hydrogen (secondary N) is 1. The molecule has 8 heteroatoms. The predicted octanol–water partition coefficient (Wildman–Crippen LogP) is 2.64. The minimum Gasteiger partial charge on any atom is -0.505 e. The number of halogens is 2. The zero-order valence-electron chi connectivity index (χ0n) is 10.8. The highest BCUT2D eigenvalue weighted by Gasteiger charge is 2.28. The Morgan fingerprint density at radius 3 is 3.00 bits per heavy atom. The monoisotopic (exact) mass is 372 g/mol. The van der Waals surface area contributed by atoms with Crippen molar-refractivity contribution in [1.82, 2.24) is 4.57 Å². The van der Waals surface area contributed by atoms with Crippen LogP contribution in [0.15, 0.2) is 15.3 Å². The van der Waals surface area contributed by atoms with Crippen LogP contribution in [-0.2, 0) is 4.79 Å². The smallest absolute Gasteiger partial charge is 0.279 e. The summed E-state index contributed by atoms with van der Waals surface area (Å²) in [7, 11) is 0. The Labute approximate surface area is 132 Å². The number of rotatable bonds is 2. The molecule has 2 N–H and O–H groups in total. The number of pyridine rings is 1. The average molecular weight is 374 g/mol. The molecule has 0 bridgehead atoms. The van der Waals surface area contributed by atoms with Crippen molar-refractivity contribution in [3.63, 3.8) is 0 Å². The maximum Gasteiger partial charge on any atom is 0.279 e. The first kappa shape index (κ1) is 14.2. The van der Waals surface area contributed by atoms with Crippen LogP contribution in [0.5, 0.6) is 11.5 Å². The molecule has 0 saturated heterocycles. The van der Waals surface area contributed by atoms with Gasteiger partial charge in [0, 0.05) is 5.39 Å². The lowest BCUT2D eigenvalue weighted by atomic mass is 10.1. The van der Waals surface area contributed by atoms with Crippen LogP contribution in [0, 0.1) is 0 Å². The molecular formula is C13H10BrClN2O4. The number of nitrogens with zero attached hydrogens (tertiary/aromatic N) is 1. The van der Waals surface area contributed by atoms with E-state index in [1.807, 2.05) is 6.92 Å². The average Bonchev–Trinajstić information content (AvgIpc) is 2.45. The van der Waals surface area contributed by atoms with E-state index in [2.05, 4.69) is 21.2 Å². The van der Waals surface area contributed by atoms with Gasteiger partial charge in [-0.3, -0.25) is 14.2 Å². The Kier molecular flexibility index (Phi) is 3.33. The summed E-state index contributed by atoms with van der Waals surface area (Å²) >= 11 is 9.43. The third-order valence-corrected chi connectivity index (χ3v) is 4.74. The second-order valence-electron chi connectivity index (χ2n) is 4.72. The van der Waals surface area contributed by atoms with Gasteiger partial charge in [-0.1, -0.05) is 11.6 Å². The zero-order chi connectivity index (χ0) is 15.3. The van der Waals surface area contributed by atoms with Crippen LogP contribution in [-0.4, -0.2) is 22.7 Å². The maximum absolute atomic E-state index is 12.5. The SMILES string of the molecule is C[C@H]1COc2c(Br)c(Cl)cc3c(O)c(NC=O)c(=O)n1c23. The topological polar surface area (TPSA) is 80.6 Å². The van der Waals surface area contributed by atoms with Crippen molar-refractivity contribution in [1.29, 1.82) is 0 Å². The van der Waals surface area contributed by atoms with Gasteiger partial charge in [-0.2, -0.15) is 0 Å². The summed E-state index contributed by atoms with van der Waals surface area (Å²) in [5, 5.41) is 13.2. The molecule has 6 nitrogen and oxygen atoms in total. The van der Waals surface area contributed by atoms with Gasteiger partial charge in [-0.15, -0.1) is 0 Å². The van der Waals surface area contributed by atoms with Crippen LogP contribution >= 0.6 is 27.5 Å². The number of hydrogen-bond donors (Lipinski definition) is 2. The van der Waals surface area contributed by atoms with E-state index in [1.165, 1.54) is 10.6 Å². The highest BCUT2D eigenvalue weighted by molar-refractivity contribution is 9.10. The number of aromatic hydroxyl groups is 1. The molecule has 1 amide bonds. The van der Waals surface area contributed by atoms with Crippen LogP contribution in [0.4, 0.5) is 5.69 Å². The number of benzene rings is 1. The van der Waals surface area contributed by atoms with Crippen LogP contribution in [0.1, 0.15) is 13.0 Å². The number of aromatic nitrogens is 1. The number of anilines is 1. The summed E-state index contributed by atoms with van der Waals surface area (Å²) in [6, 6.07) is 1.28. The molecule has 0 saturated carbocycles. The van der Waals surface area contributed by atoms with E-state index in [-0.39, 0.29) is 24.1 Å². The van der Waals surface area contributed by atoms with Gasteiger partial charge in [0.15, 0.2) is 11.5 Å². The molecule has 1 aliphatic heterocycles. The lowest BCUT2D eigenvalue weighted by molar-refractivity contribution is -0.105. The van der Waals surface area contributed by atoms with E-state index in [1.54, 1.807) is 0 Å². The first-order valence-corrected chi connectivity index (χ1v) is 7.26. The van der Waals surface area contributed by atoms with E-state index in [0.29, 0.717) is 32.6 Å². The molecule has 0 radical (unpaired) electrons. The highest BCUT2D eigenvalue weighted by atomic mass is 79.9. The molecule has 2 aromatic rings. The van der Waals surface area contributed by atoms with E-state index in [0.717, 1.165) is 0 Å². The third kappa shape index (κ3) is 1.91. The molecule has 1 atom stereocenters. The molecule has 110 valence electrons. The van der Waals surface area contributed by atoms with E-state index in [4.69, 9.17) is 16.3 Å². The quantitative estimate of drug-likeness (QED) is 0.793. The van der Waals surface area contributed by atoms with Crippen molar-refractivity contribution in [2.45, 2.75) is 13.0 Å². The lowest BCUT2D eigenvalue weighted by Gasteiger charge is -2.28. The first-order chi connectivity index (χ1) is 9.97. The predicted molar refractivity (Wildman–Crippen MR) is 82.5 cm³/mol. The Balaban J connectivity index is 2.57. The molecule has 21 heavy (non-hydrogen) atoms. The summed E-state index contributed by atoms with van der Waals surface area (Å²) in [6.07, 6.45) is 0.348. The van der Waals surface area contributed by atoms with Crippen LogP contribution in [0.2, 0.25) is 5.02 Å². The largest absolute Gasteiger partial charge is 0.505 e. The fourth-order valence-electron chi connectivity index (χ4n) is 2.49. The second kappa shape index (κ2) is 4.92. The number of amides is 1. The zero-order valence-corrected chi connectivity index (χ0v) is 13.2. The number of carbonyl (C=O) groups excluding carboxylic acids is 1. The normalized spacial score (nSPS) is 16.6. The molecule has 3 rings (SSSR count). The number of hydrogen-bond acceptors (Lipinski definition) is 4. The van der Waals surface area contributed by atoms with E-state index >= 15 is 0 Å². The van der Waals surface area contributed by atoms with Gasteiger partial charge < -0.3 is 15.2 Å². The lowest BCUT2D eigenvalue weighted by Crippen LogP contribution is -2.32. The van der Waals surface area contributed by atoms with Gasteiger partial charge in [0.05, 0.1) is 21.1 Å². The minimum atomic E-state index is -0.488. The van der Waals surface area contributed by atoms with Crippen LogP contribution in [0.3, 0.4) is 0 Å². The first-order valence-electron chi connectivity index (χ1n) is 6.09. The summed E-state index contributed by atoms with van der Waals surface area (Å²) in [5.41, 5.74) is -0.210. The summed E-state index contributed by atoms with van der Waals surface area (Å²) in [4.78, 5) is 23.2. The van der Waals surface area contributed by atoms with Crippen molar-refractivity contribution < 1.29 is 14.6 Å². The highest BCUT2D eigenvalue weighted by Crippen LogP contribution is 2.45. The molecule has 0 aliphatic carbocycles. The molecule has 1 aromatic heterocycles. The van der Waals surface area contributed by atoms with E-state index < -0.39 is 5.56 Å². The summed E-state index contributed by atoms with van der Waals surface area (Å²) in [5.74, 6) is 0.0763. The fourth-order valence-corrected chi connectivity index (χ4v) is 3.10. The van der Waals surface area contributed by atoms with Gasteiger partial charge >= 0.3 is 0 Å². The summed E-state index contributed by atoms with van der Waals surface area (Å²) in [6.45, 7) is 2.10. The molecular weight excluding hydrogens is 364 g/mol. The molecule has 2 heterocycles. The Hall–Kier alpha value is -1.73. The second-order valence-corrected chi connectivity index (χ2v) is 5.92. The maximum atomic E-state index is 12.5. The van der Waals surface area contributed by atoms with Crippen molar-refractivity contribution in [3.8, 4) is 11.5 Å². The van der Waals surface area contributed by atoms with Crippen LogP contribution < -0.4 is 15.6 Å². The molecule has 0 fully saturated rings. The number of carbonyl (C=O) groups is 1. The van der Waals surface area contributed by atoms with Crippen LogP contribution in [0.25, 0.3) is 10.9 Å². The molecule has 1 aliphatic rings. The standard InChI is InChI=1S/C13H10BrClN2O4/c1-5-3-21-12-8(14)7(15)2-6-10(12)17(5)13(20)9(11(6)19)16-4-18/h2,4-5,19H,3H2,1H3,(H,16,18)/t5-/m0/s1. The van der Waals surface area contributed by atoms with Gasteiger partial charge in [0.25, 0.3) is 5.56 Å². The van der Waals surface area contributed by atoms with Crippen molar-refractivity contribution >= 4 is 50.5 Å². The Morgan fingerprint density at radius 2 is 2.33 bits per heavy atom. The molecule has 0 unspecified atom stereocenters. The van der Waals surface area contributed by atoms with Crippen molar-refractivity contribution in [2.75, 3.05) is 11.9 Å². The van der Waals surface area contributed by atoms with E-state index in [9.17, 15) is 14.7 Å². The minimum absolute atomic E-state index is 0.171. The van der Waals surface area contributed by atoms with Gasteiger partial charge in [-0.05, 0) is 28.9 Å².